The monoisotopic (exact) mass is 204 g/mol. The van der Waals surface area contributed by atoms with Crippen LogP contribution in [0, 0.1) is 0 Å². The standard InChI is InChI=1S/C9H8N4S/c10-8-5-7(1-4-12-8)14-9-2-3-11-6-13-9/h1-6H,(H2,10,12). The average Bonchev–Trinajstić information content (AvgIpc) is 2.19. The summed E-state index contributed by atoms with van der Waals surface area (Å²) in [6, 6.07) is 5.55. The highest BCUT2D eigenvalue weighted by Gasteiger charge is 1.98. The zero-order chi connectivity index (χ0) is 9.80. The van der Waals surface area contributed by atoms with Gasteiger partial charge >= 0.3 is 0 Å². The molecule has 2 rings (SSSR count). The molecule has 0 aliphatic carbocycles. The topological polar surface area (TPSA) is 64.7 Å². The van der Waals surface area contributed by atoms with Gasteiger partial charge in [0.05, 0.1) is 0 Å². The first-order valence-corrected chi connectivity index (χ1v) is 4.81. The van der Waals surface area contributed by atoms with E-state index in [1.165, 1.54) is 18.1 Å². The minimum atomic E-state index is 0.518. The Morgan fingerprint density at radius 1 is 1.14 bits per heavy atom. The molecular formula is C9H8N4S. The van der Waals surface area contributed by atoms with E-state index in [0.717, 1.165) is 9.92 Å². The quantitative estimate of drug-likeness (QED) is 0.753. The highest BCUT2D eigenvalue weighted by molar-refractivity contribution is 7.99. The van der Waals surface area contributed by atoms with Crippen molar-refractivity contribution < 1.29 is 0 Å². The van der Waals surface area contributed by atoms with Gasteiger partial charge in [0, 0.05) is 17.3 Å². The lowest BCUT2D eigenvalue weighted by Crippen LogP contribution is -1.88. The normalized spacial score (nSPS) is 10.0. The van der Waals surface area contributed by atoms with Gasteiger partial charge in [0.25, 0.3) is 0 Å². The first-order chi connectivity index (χ1) is 6.84. The van der Waals surface area contributed by atoms with Crippen molar-refractivity contribution in [2.24, 2.45) is 0 Å². The van der Waals surface area contributed by atoms with Gasteiger partial charge in [-0.1, -0.05) is 11.8 Å². The Hall–Kier alpha value is -1.62. The molecule has 0 radical (unpaired) electrons. The van der Waals surface area contributed by atoms with Gasteiger partial charge in [0.15, 0.2) is 0 Å². The molecule has 14 heavy (non-hydrogen) atoms. The molecule has 0 bridgehead atoms. The van der Waals surface area contributed by atoms with Gasteiger partial charge in [0.1, 0.15) is 17.2 Å². The van der Waals surface area contributed by atoms with Crippen LogP contribution in [0.2, 0.25) is 0 Å². The first-order valence-electron chi connectivity index (χ1n) is 4.00. The molecule has 70 valence electrons. The van der Waals surface area contributed by atoms with E-state index in [1.54, 1.807) is 12.4 Å². The molecule has 0 spiro atoms. The molecule has 2 aromatic heterocycles. The summed E-state index contributed by atoms with van der Waals surface area (Å²) in [5, 5.41) is 0.894. The molecule has 0 amide bonds. The van der Waals surface area contributed by atoms with Crippen molar-refractivity contribution in [1.82, 2.24) is 15.0 Å². The fourth-order valence-corrected chi connectivity index (χ4v) is 1.73. The van der Waals surface area contributed by atoms with Gasteiger partial charge < -0.3 is 5.73 Å². The van der Waals surface area contributed by atoms with Crippen molar-refractivity contribution in [3.8, 4) is 0 Å². The lowest BCUT2D eigenvalue weighted by Gasteiger charge is -1.99. The third kappa shape index (κ3) is 2.20. The second-order valence-corrected chi connectivity index (χ2v) is 3.66. The molecule has 0 aliphatic heterocycles. The smallest absolute Gasteiger partial charge is 0.124 e. The maximum atomic E-state index is 5.56. The van der Waals surface area contributed by atoms with Crippen molar-refractivity contribution in [2.45, 2.75) is 9.92 Å². The number of nitrogen functional groups attached to an aromatic ring is 1. The van der Waals surface area contributed by atoms with Crippen LogP contribution in [0.15, 0.2) is 46.8 Å². The van der Waals surface area contributed by atoms with Crippen molar-refractivity contribution in [3.05, 3.63) is 36.9 Å². The van der Waals surface area contributed by atoms with Crippen molar-refractivity contribution >= 4 is 17.6 Å². The number of nitrogens with two attached hydrogens (primary N) is 1. The fraction of sp³-hybridized carbons (Fsp3) is 0. The van der Waals surface area contributed by atoms with Gasteiger partial charge in [-0.05, 0) is 18.2 Å². The number of hydrogen-bond acceptors (Lipinski definition) is 5. The largest absolute Gasteiger partial charge is 0.384 e. The van der Waals surface area contributed by atoms with Crippen molar-refractivity contribution in [1.29, 1.82) is 0 Å². The molecule has 2 N–H and O–H groups in total. The third-order valence-corrected chi connectivity index (χ3v) is 2.47. The molecule has 0 aliphatic rings. The van der Waals surface area contributed by atoms with E-state index >= 15 is 0 Å². The van der Waals surface area contributed by atoms with Crippen LogP contribution < -0.4 is 5.73 Å². The molecule has 0 aromatic carbocycles. The summed E-state index contributed by atoms with van der Waals surface area (Å²) in [6.45, 7) is 0. The van der Waals surface area contributed by atoms with E-state index in [9.17, 15) is 0 Å². The summed E-state index contributed by atoms with van der Waals surface area (Å²) in [5.41, 5.74) is 5.56. The van der Waals surface area contributed by atoms with Crippen LogP contribution in [-0.4, -0.2) is 15.0 Å². The Balaban J connectivity index is 2.19. The van der Waals surface area contributed by atoms with Crippen LogP contribution in [0.5, 0.6) is 0 Å². The number of pyridine rings is 1. The Morgan fingerprint density at radius 2 is 2.07 bits per heavy atom. The fourth-order valence-electron chi connectivity index (χ4n) is 0.951. The predicted molar refractivity (Wildman–Crippen MR) is 54.8 cm³/mol. The number of aromatic nitrogens is 3. The van der Waals surface area contributed by atoms with Gasteiger partial charge in [-0.3, -0.25) is 0 Å². The van der Waals surface area contributed by atoms with Crippen LogP contribution in [0.25, 0.3) is 0 Å². The highest BCUT2D eigenvalue weighted by atomic mass is 32.2. The van der Waals surface area contributed by atoms with E-state index in [1.807, 2.05) is 18.2 Å². The molecule has 0 atom stereocenters. The summed E-state index contributed by atoms with van der Waals surface area (Å²) in [4.78, 5) is 12.9. The molecular weight excluding hydrogens is 196 g/mol. The van der Waals surface area contributed by atoms with Crippen molar-refractivity contribution in [3.63, 3.8) is 0 Å². The van der Waals surface area contributed by atoms with Gasteiger partial charge in [-0.15, -0.1) is 0 Å². The molecule has 2 aromatic rings. The Kier molecular flexibility index (Phi) is 2.60. The molecule has 2 heterocycles. The number of anilines is 1. The van der Waals surface area contributed by atoms with Crippen molar-refractivity contribution in [2.75, 3.05) is 5.73 Å². The molecule has 0 saturated heterocycles. The second kappa shape index (κ2) is 4.06. The Bertz CT molecular complexity index is 418. The third-order valence-electron chi connectivity index (χ3n) is 1.53. The summed E-state index contributed by atoms with van der Waals surface area (Å²) < 4.78 is 0. The number of hydrogen-bond donors (Lipinski definition) is 1. The summed E-state index contributed by atoms with van der Waals surface area (Å²) in [6.07, 6.45) is 4.91. The molecule has 5 heteroatoms. The minimum absolute atomic E-state index is 0.518. The first kappa shape index (κ1) is 8.96. The maximum Gasteiger partial charge on any atom is 0.124 e. The average molecular weight is 204 g/mol. The SMILES string of the molecule is Nc1cc(Sc2ccncn2)ccn1. The molecule has 0 fully saturated rings. The van der Waals surface area contributed by atoms with E-state index in [2.05, 4.69) is 15.0 Å². The van der Waals surface area contributed by atoms with E-state index in [-0.39, 0.29) is 0 Å². The van der Waals surface area contributed by atoms with Crippen LogP contribution in [0.3, 0.4) is 0 Å². The van der Waals surface area contributed by atoms with E-state index in [4.69, 9.17) is 5.73 Å². The van der Waals surface area contributed by atoms with E-state index in [0.29, 0.717) is 5.82 Å². The lowest BCUT2D eigenvalue weighted by molar-refractivity contribution is 1.05. The van der Waals surface area contributed by atoms with E-state index < -0.39 is 0 Å². The number of nitrogens with zero attached hydrogens (tertiary/aromatic N) is 3. The van der Waals surface area contributed by atoms with Gasteiger partial charge in [-0.2, -0.15) is 0 Å². The van der Waals surface area contributed by atoms with Crippen LogP contribution >= 0.6 is 11.8 Å². The van der Waals surface area contributed by atoms with Crippen LogP contribution in [0.4, 0.5) is 5.82 Å². The zero-order valence-electron chi connectivity index (χ0n) is 7.29. The van der Waals surface area contributed by atoms with Crippen LogP contribution in [-0.2, 0) is 0 Å². The van der Waals surface area contributed by atoms with Gasteiger partial charge in [0.2, 0.25) is 0 Å². The summed E-state index contributed by atoms with van der Waals surface area (Å²) in [7, 11) is 0. The Labute approximate surface area is 85.6 Å². The number of rotatable bonds is 2. The Morgan fingerprint density at radius 3 is 2.79 bits per heavy atom. The predicted octanol–water partition coefficient (Wildman–Crippen LogP) is 1.60. The zero-order valence-corrected chi connectivity index (χ0v) is 8.11. The van der Waals surface area contributed by atoms with Gasteiger partial charge in [-0.25, -0.2) is 15.0 Å². The minimum Gasteiger partial charge on any atom is -0.384 e. The summed E-state index contributed by atoms with van der Waals surface area (Å²) >= 11 is 1.53. The lowest BCUT2D eigenvalue weighted by atomic mass is 10.5. The highest BCUT2D eigenvalue weighted by Crippen LogP contribution is 2.25. The molecule has 4 nitrogen and oxygen atoms in total. The molecule has 0 saturated carbocycles. The molecule has 0 unspecified atom stereocenters. The summed E-state index contributed by atoms with van der Waals surface area (Å²) in [5.74, 6) is 0.518. The second-order valence-electron chi connectivity index (χ2n) is 2.57. The maximum absolute atomic E-state index is 5.56. The van der Waals surface area contributed by atoms with Crippen LogP contribution in [0.1, 0.15) is 0 Å².